The minimum Gasteiger partial charge on any atom is -0.497 e. The lowest BCUT2D eigenvalue weighted by Gasteiger charge is -2.18. The summed E-state index contributed by atoms with van der Waals surface area (Å²) in [5.41, 5.74) is 1.17. The van der Waals surface area contributed by atoms with Crippen LogP contribution in [0, 0.1) is 51.4 Å². The number of nitrogens with one attached hydrogen (secondary N) is 4. The number of amides is 3. The SMILES string of the molecule is C#C.C#C.C#C.C=C.COc1ccc2c(=O)[nH]ccc2c1.Cc1ccnc(NC(C)C(C)C)c1.O=CN1CCC[C@H]1C(=O)NC1CC1.O=CNS(=O)C1CC1. The van der Waals surface area contributed by atoms with E-state index in [-0.39, 0.29) is 22.8 Å². The number of anilines is 1. The lowest BCUT2D eigenvalue weighted by molar-refractivity contribution is -0.131. The second-order valence-corrected chi connectivity index (χ2v) is 13.7. The number of aryl methyl sites for hydroxylation is 1. The predicted molar refractivity (Wildman–Crippen MR) is 226 cm³/mol. The number of nitrogens with zero attached hydrogens (tertiary/aromatic N) is 2. The molecule has 0 bridgehead atoms. The van der Waals surface area contributed by atoms with Crippen molar-refractivity contribution in [2.45, 2.75) is 89.6 Å². The van der Waals surface area contributed by atoms with Gasteiger partial charge in [0.05, 0.1) is 12.4 Å². The fraction of sp³-hybridized carbons (Fsp3) is 0.405. The fourth-order valence-electron chi connectivity index (χ4n) is 4.46. The molecular weight excluding hydrogens is 717 g/mol. The number of methoxy groups -OCH3 is 1. The van der Waals surface area contributed by atoms with Crippen LogP contribution in [0.1, 0.15) is 64.9 Å². The Morgan fingerprint density at radius 3 is 2.15 bits per heavy atom. The number of likely N-dealkylation sites (tertiary alicyclic amines) is 1. The zero-order valence-corrected chi connectivity index (χ0v) is 33.6. The van der Waals surface area contributed by atoms with Crippen molar-refractivity contribution < 1.29 is 23.3 Å². The average molecular weight is 775 g/mol. The quantitative estimate of drug-likeness (QED) is 0.121. The van der Waals surface area contributed by atoms with E-state index in [0.29, 0.717) is 29.8 Å². The van der Waals surface area contributed by atoms with Crippen molar-refractivity contribution in [3.8, 4) is 44.3 Å². The summed E-state index contributed by atoms with van der Waals surface area (Å²) >= 11 is 0. The van der Waals surface area contributed by atoms with Crippen molar-refractivity contribution in [1.29, 1.82) is 0 Å². The van der Waals surface area contributed by atoms with Gasteiger partial charge in [-0.25, -0.2) is 9.19 Å². The first-order chi connectivity index (χ1) is 26.6. The van der Waals surface area contributed by atoms with Gasteiger partial charge in [-0.1, -0.05) is 13.8 Å². The van der Waals surface area contributed by atoms with E-state index in [1.165, 1.54) is 5.56 Å². The van der Waals surface area contributed by atoms with E-state index in [1.807, 2.05) is 24.4 Å². The van der Waals surface area contributed by atoms with Crippen LogP contribution in [-0.2, 0) is 25.4 Å². The number of carbonyl (C=O) groups is 3. The molecule has 1 aliphatic heterocycles. The van der Waals surface area contributed by atoms with Crippen molar-refractivity contribution in [1.82, 2.24) is 24.9 Å². The molecule has 0 radical (unpaired) electrons. The zero-order valence-electron chi connectivity index (χ0n) is 32.7. The predicted octanol–water partition coefficient (Wildman–Crippen LogP) is 5.38. The molecule has 4 N–H and O–H groups in total. The van der Waals surface area contributed by atoms with E-state index in [9.17, 15) is 23.4 Å². The van der Waals surface area contributed by atoms with Crippen molar-refractivity contribution in [3.05, 3.63) is 77.9 Å². The number of aromatic nitrogens is 2. The number of H-pyrrole nitrogens is 1. The normalized spacial score (nSPS) is 15.3. The molecule has 3 heterocycles. The number of aromatic amines is 1. The number of fused-ring (bicyclic) bond motifs is 1. The molecule has 2 saturated carbocycles. The lowest BCUT2D eigenvalue weighted by Crippen LogP contribution is -2.43. The molecule has 3 amide bonds. The van der Waals surface area contributed by atoms with Gasteiger partial charge in [0, 0.05) is 36.4 Å². The van der Waals surface area contributed by atoms with Gasteiger partial charge in [0.15, 0.2) is 0 Å². The van der Waals surface area contributed by atoms with Gasteiger partial charge in [0.2, 0.25) is 18.7 Å². The number of rotatable bonds is 10. The molecular formula is C42H58N6O6S. The van der Waals surface area contributed by atoms with Crippen LogP contribution in [0.2, 0.25) is 0 Å². The van der Waals surface area contributed by atoms with Crippen molar-refractivity contribution in [2.75, 3.05) is 19.0 Å². The van der Waals surface area contributed by atoms with Gasteiger partial charge < -0.3 is 25.3 Å². The Morgan fingerprint density at radius 1 is 1.00 bits per heavy atom. The largest absolute Gasteiger partial charge is 0.497 e. The van der Waals surface area contributed by atoms with Crippen molar-refractivity contribution in [3.63, 3.8) is 0 Å². The highest BCUT2D eigenvalue weighted by atomic mass is 32.2. The van der Waals surface area contributed by atoms with Gasteiger partial charge in [-0.3, -0.25) is 23.9 Å². The fourth-order valence-corrected chi connectivity index (χ4v) is 5.31. The van der Waals surface area contributed by atoms with Crippen LogP contribution in [-0.4, -0.2) is 74.8 Å². The van der Waals surface area contributed by atoms with E-state index >= 15 is 0 Å². The minimum absolute atomic E-state index is 0.0344. The summed E-state index contributed by atoms with van der Waals surface area (Å²) in [6.45, 7) is 15.4. The summed E-state index contributed by atoms with van der Waals surface area (Å²) in [6, 6.07) is 12.0. The summed E-state index contributed by atoms with van der Waals surface area (Å²) in [5, 5.41) is 8.12. The summed E-state index contributed by atoms with van der Waals surface area (Å²) in [5.74, 6) is 2.40. The van der Waals surface area contributed by atoms with Gasteiger partial charge in [-0.05, 0) is 106 Å². The first kappa shape index (κ1) is 51.3. The summed E-state index contributed by atoms with van der Waals surface area (Å²) < 4.78 is 17.8. The maximum Gasteiger partial charge on any atom is 0.255 e. The standard InChI is InChI=1S/C11H18N2.C10H9NO2.C9H14N2O2.C4H7NO2S.C2H4.3C2H2/c1-8(2)10(4)13-11-7-9(3)5-6-12-11;1-13-8-2-3-9-7(6-8)4-5-11-10(9)12;12-6-11-5-1-2-8(11)9(13)10-7-3-4-7;6-3-5-8(7)4-1-2-4;4*1-2/h5-8,10H,1-4H3,(H,12,13);2-6H,1H3,(H,11,12);6-8H,1-5H2,(H,10,13);3-4H,1-2H2,(H,5,6);1-2H2;3*1-2H/t;;8-;;;;;/m..0...../s1. The van der Waals surface area contributed by atoms with Crippen LogP contribution in [0.5, 0.6) is 5.75 Å². The zero-order chi connectivity index (χ0) is 42.3. The van der Waals surface area contributed by atoms with Crippen LogP contribution in [0.3, 0.4) is 0 Å². The number of pyridine rings is 2. The molecule has 12 nitrogen and oxygen atoms in total. The molecule has 3 atom stereocenters. The van der Waals surface area contributed by atoms with E-state index < -0.39 is 11.0 Å². The second-order valence-electron chi connectivity index (χ2n) is 12.2. The molecule has 6 rings (SSSR count). The maximum absolute atomic E-state index is 11.6. The Bertz CT molecular complexity index is 1680. The molecule has 13 heteroatoms. The number of hydrogen-bond acceptors (Lipinski definition) is 8. The van der Waals surface area contributed by atoms with E-state index in [0.717, 1.165) is 68.4 Å². The molecule has 2 aliphatic carbocycles. The topological polar surface area (TPSA) is 163 Å². The Hall–Kier alpha value is -5.84. The van der Waals surface area contributed by atoms with Gasteiger partial charge in [-0.2, -0.15) is 0 Å². The third-order valence-electron chi connectivity index (χ3n) is 7.92. The molecule has 1 aromatic carbocycles. The monoisotopic (exact) mass is 774 g/mol. The first-order valence-electron chi connectivity index (χ1n) is 17.5. The van der Waals surface area contributed by atoms with Gasteiger partial charge in [-0.15, -0.1) is 51.7 Å². The smallest absolute Gasteiger partial charge is 0.255 e. The minimum atomic E-state index is -1.08. The molecule has 3 fully saturated rings. The Morgan fingerprint density at radius 2 is 1.64 bits per heavy atom. The van der Waals surface area contributed by atoms with Crippen LogP contribution < -0.4 is 25.7 Å². The van der Waals surface area contributed by atoms with E-state index in [1.54, 1.807) is 30.3 Å². The maximum atomic E-state index is 11.6. The molecule has 3 aromatic rings. The molecule has 55 heavy (non-hydrogen) atoms. The summed E-state index contributed by atoms with van der Waals surface area (Å²) in [4.78, 5) is 51.5. The summed E-state index contributed by atoms with van der Waals surface area (Å²) in [6.07, 6.45) is 34.7. The number of benzene rings is 1. The number of ether oxygens (including phenoxy) is 1. The van der Waals surface area contributed by atoms with E-state index in [4.69, 9.17) is 4.74 Å². The van der Waals surface area contributed by atoms with Crippen LogP contribution in [0.4, 0.5) is 5.82 Å². The van der Waals surface area contributed by atoms with Crippen LogP contribution in [0.15, 0.2) is 66.7 Å². The Kier molecular flexibility index (Phi) is 28.5. The van der Waals surface area contributed by atoms with Crippen LogP contribution >= 0.6 is 0 Å². The highest BCUT2D eigenvalue weighted by Crippen LogP contribution is 2.24. The molecule has 2 aromatic heterocycles. The highest BCUT2D eigenvalue weighted by molar-refractivity contribution is 7.84. The molecule has 0 spiro atoms. The molecule has 298 valence electrons. The van der Waals surface area contributed by atoms with Crippen molar-refractivity contribution >= 4 is 46.3 Å². The summed E-state index contributed by atoms with van der Waals surface area (Å²) in [7, 11) is 0.527. The number of hydrogen-bond donors (Lipinski definition) is 4. The lowest BCUT2D eigenvalue weighted by atomic mass is 10.1. The van der Waals surface area contributed by atoms with Gasteiger partial charge in [0.1, 0.15) is 28.6 Å². The first-order valence-corrected chi connectivity index (χ1v) is 18.7. The van der Waals surface area contributed by atoms with Crippen LogP contribution in [0.25, 0.3) is 10.8 Å². The average Bonchev–Trinajstić information content (AvgIpc) is 4.17. The number of terminal acetylenes is 3. The molecule has 3 aliphatic rings. The second kappa shape index (κ2) is 30.6. The molecule has 2 unspecified atom stereocenters. The third-order valence-corrected chi connectivity index (χ3v) is 9.32. The highest BCUT2D eigenvalue weighted by Gasteiger charge is 2.33. The molecule has 1 saturated heterocycles. The van der Waals surface area contributed by atoms with Gasteiger partial charge in [0.25, 0.3) is 5.56 Å². The van der Waals surface area contributed by atoms with Gasteiger partial charge >= 0.3 is 0 Å². The Labute approximate surface area is 330 Å². The Balaban J connectivity index is 0. The number of carbonyl (C=O) groups excluding carboxylic acids is 3. The third kappa shape index (κ3) is 20.8. The van der Waals surface area contributed by atoms with E-state index in [2.05, 4.69) is 111 Å². The van der Waals surface area contributed by atoms with Crippen molar-refractivity contribution in [2.24, 2.45) is 5.92 Å².